The molecule has 0 bridgehead atoms. The van der Waals surface area contributed by atoms with Crippen LogP contribution in [0.4, 0.5) is 0 Å². The van der Waals surface area contributed by atoms with Crippen LogP contribution in [0.1, 0.15) is 15.9 Å². The molecular formula is C11H12ClNO2. The lowest BCUT2D eigenvalue weighted by Gasteiger charge is -2.26. The molecule has 0 atom stereocenters. The maximum absolute atomic E-state index is 11.7. The van der Waals surface area contributed by atoms with Crippen molar-refractivity contribution in [3.63, 3.8) is 0 Å². The van der Waals surface area contributed by atoms with Gasteiger partial charge < -0.3 is 10.1 Å². The molecule has 4 heteroatoms. The second kappa shape index (κ2) is 4.21. The Balaban J connectivity index is 2.07. The zero-order valence-corrected chi connectivity index (χ0v) is 9.17. The van der Waals surface area contributed by atoms with Gasteiger partial charge in [-0.2, -0.15) is 0 Å². The molecule has 2 rings (SSSR count). The van der Waals surface area contributed by atoms with E-state index >= 15 is 0 Å². The van der Waals surface area contributed by atoms with Crippen LogP contribution in [0.3, 0.4) is 0 Å². The summed E-state index contributed by atoms with van der Waals surface area (Å²) in [5, 5.41) is 3.47. The third-order valence-electron chi connectivity index (χ3n) is 2.41. The Kier molecular flexibility index (Phi) is 2.93. The Morgan fingerprint density at radius 2 is 2.27 bits per heavy atom. The van der Waals surface area contributed by atoms with E-state index in [1.54, 1.807) is 12.1 Å². The molecule has 1 saturated heterocycles. The minimum atomic E-state index is -0.0924. The summed E-state index contributed by atoms with van der Waals surface area (Å²) in [6, 6.07) is 5.45. The van der Waals surface area contributed by atoms with E-state index in [9.17, 15) is 4.79 Å². The van der Waals surface area contributed by atoms with Crippen molar-refractivity contribution in [2.75, 3.05) is 13.2 Å². The van der Waals surface area contributed by atoms with Crippen LogP contribution in [0.2, 0.25) is 5.02 Å². The van der Waals surface area contributed by atoms with E-state index in [1.165, 1.54) is 0 Å². The topological polar surface area (TPSA) is 38.3 Å². The highest BCUT2D eigenvalue weighted by atomic mass is 35.5. The number of aryl methyl sites for hydroxylation is 1. The van der Waals surface area contributed by atoms with Crippen LogP contribution in [0, 0.1) is 6.92 Å². The van der Waals surface area contributed by atoms with Crippen molar-refractivity contribution in [3.8, 4) is 0 Å². The van der Waals surface area contributed by atoms with E-state index in [-0.39, 0.29) is 11.9 Å². The van der Waals surface area contributed by atoms with Crippen LogP contribution >= 0.6 is 11.6 Å². The SMILES string of the molecule is Cc1ccc(C(=O)NC2COC2)cc1Cl. The highest BCUT2D eigenvalue weighted by Crippen LogP contribution is 2.16. The molecule has 0 aromatic heterocycles. The fourth-order valence-corrected chi connectivity index (χ4v) is 1.50. The molecule has 0 spiro atoms. The molecule has 1 aliphatic rings. The predicted octanol–water partition coefficient (Wildman–Crippen LogP) is 1.78. The first-order valence-electron chi connectivity index (χ1n) is 4.81. The second-order valence-corrected chi connectivity index (χ2v) is 4.08. The molecule has 0 unspecified atom stereocenters. The summed E-state index contributed by atoms with van der Waals surface area (Å²) in [5.74, 6) is -0.0924. The van der Waals surface area contributed by atoms with Crippen LogP contribution in [-0.2, 0) is 4.74 Å². The van der Waals surface area contributed by atoms with Crippen molar-refractivity contribution >= 4 is 17.5 Å². The number of nitrogens with one attached hydrogen (secondary N) is 1. The Labute approximate surface area is 93.4 Å². The standard InChI is InChI=1S/C11H12ClNO2/c1-7-2-3-8(4-10(7)12)11(14)13-9-5-15-6-9/h2-4,9H,5-6H2,1H3,(H,13,14). The number of hydrogen-bond acceptors (Lipinski definition) is 2. The highest BCUT2D eigenvalue weighted by molar-refractivity contribution is 6.31. The summed E-state index contributed by atoms with van der Waals surface area (Å²) in [4.78, 5) is 11.7. The first-order chi connectivity index (χ1) is 7.16. The first kappa shape index (κ1) is 10.5. The molecular weight excluding hydrogens is 214 g/mol. The van der Waals surface area contributed by atoms with Crippen molar-refractivity contribution < 1.29 is 9.53 Å². The molecule has 1 amide bonds. The molecule has 1 heterocycles. The van der Waals surface area contributed by atoms with Gasteiger partial charge in [-0.05, 0) is 24.6 Å². The quantitative estimate of drug-likeness (QED) is 0.833. The monoisotopic (exact) mass is 225 g/mol. The number of amides is 1. The Hall–Kier alpha value is -1.06. The van der Waals surface area contributed by atoms with Gasteiger partial charge in [0.25, 0.3) is 5.91 Å². The van der Waals surface area contributed by atoms with Gasteiger partial charge in [0.2, 0.25) is 0 Å². The normalized spacial score (nSPS) is 15.9. The predicted molar refractivity (Wildman–Crippen MR) is 58.3 cm³/mol. The van der Waals surface area contributed by atoms with Crippen molar-refractivity contribution in [1.82, 2.24) is 5.32 Å². The molecule has 80 valence electrons. The molecule has 15 heavy (non-hydrogen) atoms. The first-order valence-corrected chi connectivity index (χ1v) is 5.19. The van der Waals surface area contributed by atoms with Gasteiger partial charge in [0, 0.05) is 10.6 Å². The van der Waals surface area contributed by atoms with Gasteiger partial charge in [0.05, 0.1) is 19.3 Å². The number of rotatable bonds is 2. The Morgan fingerprint density at radius 1 is 1.53 bits per heavy atom. The lowest BCUT2D eigenvalue weighted by atomic mass is 10.1. The highest BCUT2D eigenvalue weighted by Gasteiger charge is 2.21. The summed E-state index contributed by atoms with van der Waals surface area (Å²) in [6.45, 7) is 3.11. The zero-order chi connectivity index (χ0) is 10.8. The summed E-state index contributed by atoms with van der Waals surface area (Å²) in [7, 11) is 0. The van der Waals surface area contributed by atoms with Crippen molar-refractivity contribution in [1.29, 1.82) is 0 Å². The number of carbonyl (C=O) groups excluding carboxylic acids is 1. The van der Waals surface area contributed by atoms with Gasteiger partial charge in [-0.1, -0.05) is 17.7 Å². The van der Waals surface area contributed by atoms with E-state index in [1.807, 2.05) is 13.0 Å². The molecule has 1 aromatic carbocycles. The van der Waals surface area contributed by atoms with E-state index in [0.29, 0.717) is 23.8 Å². The van der Waals surface area contributed by atoms with Crippen LogP contribution in [0.25, 0.3) is 0 Å². The largest absolute Gasteiger partial charge is 0.377 e. The molecule has 0 saturated carbocycles. The van der Waals surface area contributed by atoms with Crippen LogP contribution in [0.5, 0.6) is 0 Å². The molecule has 1 fully saturated rings. The molecule has 1 N–H and O–H groups in total. The lowest BCUT2D eigenvalue weighted by Crippen LogP contribution is -2.48. The summed E-state index contributed by atoms with van der Waals surface area (Å²) >= 11 is 5.94. The fraction of sp³-hybridized carbons (Fsp3) is 0.364. The minimum Gasteiger partial charge on any atom is -0.377 e. The van der Waals surface area contributed by atoms with Crippen LogP contribution in [0.15, 0.2) is 18.2 Å². The van der Waals surface area contributed by atoms with Crippen LogP contribution in [-0.4, -0.2) is 25.2 Å². The lowest BCUT2D eigenvalue weighted by molar-refractivity contribution is -0.00346. The molecule has 1 aliphatic heterocycles. The Bertz CT molecular complexity index is 388. The number of benzene rings is 1. The van der Waals surface area contributed by atoms with Crippen molar-refractivity contribution in [3.05, 3.63) is 34.3 Å². The summed E-state index contributed by atoms with van der Waals surface area (Å²) < 4.78 is 4.97. The summed E-state index contributed by atoms with van der Waals surface area (Å²) in [5.41, 5.74) is 1.57. The van der Waals surface area contributed by atoms with E-state index < -0.39 is 0 Å². The van der Waals surface area contributed by atoms with E-state index in [0.717, 1.165) is 5.56 Å². The van der Waals surface area contributed by atoms with Gasteiger partial charge in [0.1, 0.15) is 0 Å². The summed E-state index contributed by atoms with van der Waals surface area (Å²) in [6.07, 6.45) is 0. The number of carbonyl (C=O) groups is 1. The van der Waals surface area contributed by atoms with E-state index in [4.69, 9.17) is 16.3 Å². The van der Waals surface area contributed by atoms with Gasteiger partial charge in [-0.15, -0.1) is 0 Å². The third-order valence-corrected chi connectivity index (χ3v) is 2.81. The minimum absolute atomic E-state index is 0.0924. The fourth-order valence-electron chi connectivity index (χ4n) is 1.32. The van der Waals surface area contributed by atoms with Crippen LogP contribution < -0.4 is 5.32 Å². The number of ether oxygens (including phenoxy) is 1. The maximum Gasteiger partial charge on any atom is 0.251 e. The Morgan fingerprint density at radius 3 is 2.80 bits per heavy atom. The molecule has 0 radical (unpaired) electrons. The molecule has 1 aromatic rings. The maximum atomic E-state index is 11.7. The van der Waals surface area contributed by atoms with E-state index in [2.05, 4.69) is 5.32 Å². The second-order valence-electron chi connectivity index (χ2n) is 3.67. The smallest absolute Gasteiger partial charge is 0.251 e. The zero-order valence-electron chi connectivity index (χ0n) is 8.42. The van der Waals surface area contributed by atoms with Gasteiger partial charge in [0.15, 0.2) is 0 Å². The molecule has 0 aliphatic carbocycles. The van der Waals surface area contributed by atoms with Gasteiger partial charge in [-0.25, -0.2) is 0 Å². The van der Waals surface area contributed by atoms with Crippen molar-refractivity contribution in [2.24, 2.45) is 0 Å². The number of halogens is 1. The molecule has 3 nitrogen and oxygen atoms in total. The van der Waals surface area contributed by atoms with Gasteiger partial charge >= 0.3 is 0 Å². The average Bonchev–Trinajstić information content (AvgIpc) is 2.15. The van der Waals surface area contributed by atoms with Crippen molar-refractivity contribution in [2.45, 2.75) is 13.0 Å². The van der Waals surface area contributed by atoms with Gasteiger partial charge in [-0.3, -0.25) is 4.79 Å². The third kappa shape index (κ3) is 2.30. The number of hydrogen-bond donors (Lipinski definition) is 1. The average molecular weight is 226 g/mol.